The van der Waals surface area contributed by atoms with Crippen molar-refractivity contribution < 1.29 is 4.39 Å². The maximum Gasteiger partial charge on any atom is 0.128 e. The molecular formula is C15H16FNS. The Morgan fingerprint density at radius 3 is 2.61 bits per heavy atom. The molecule has 2 rings (SSSR count). The summed E-state index contributed by atoms with van der Waals surface area (Å²) in [6, 6.07) is 14.8. The van der Waals surface area contributed by atoms with Gasteiger partial charge in [-0.3, -0.25) is 0 Å². The van der Waals surface area contributed by atoms with Gasteiger partial charge in [-0.2, -0.15) is 0 Å². The minimum Gasteiger partial charge on any atom is -0.323 e. The van der Waals surface area contributed by atoms with Crippen LogP contribution in [0.15, 0.2) is 53.4 Å². The van der Waals surface area contributed by atoms with Crippen LogP contribution in [0.3, 0.4) is 0 Å². The van der Waals surface area contributed by atoms with Crippen molar-refractivity contribution in [3.8, 4) is 0 Å². The zero-order valence-electron chi connectivity index (χ0n) is 10.3. The average molecular weight is 261 g/mol. The van der Waals surface area contributed by atoms with Crippen molar-refractivity contribution in [1.82, 2.24) is 0 Å². The topological polar surface area (TPSA) is 26.0 Å². The molecule has 0 fully saturated rings. The standard InChI is InChI=1S/C15H16FNS/c1-11-7-8-14(16)13(9-11)15(17)10-18-12-5-3-2-4-6-12/h2-9,15H,10,17H2,1H3. The number of nitrogens with two attached hydrogens (primary N) is 1. The molecule has 2 aromatic carbocycles. The van der Waals surface area contributed by atoms with Crippen LogP contribution in [0.4, 0.5) is 4.39 Å². The smallest absolute Gasteiger partial charge is 0.128 e. The maximum atomic E-state index is 13.7. The lowest BCUT2D eigenvalue weighted by Gasteiger charge is -2.13. The van der Waals surface area contributed by atoms with Gasteiger partial charge in [0.05, 0.1) is 0 Å². The van der Waals surface area contributed by atoms with Crippen molar-refractivity contribution in [1.29, 1.82) is 0 Å². The van der Waals surface area contributed by atoms with Crippen LogP contribution >= 0.6 is 11.8 Å². The van der Waals surface area contributed by atoms with Crippen LogP contribution in [0.2, 0.25) is 0 Å². The van der Waals surface area contributed by atoms with Crippen molar-refractivity contribution in [3.63, 3.8) is 0 Å². The Morgan fingerprint density at radius 2 is 1.89 bits per heavy atom. The fourth-order valence-electron chi connectivity index (χ4n) is 1.74. The van der Waals surface area contributed by atoms with Crippen LogP contribution in [0.25, 0.3) is 0 Å². The van der Waals surface area contributed by atoms with Crippen molar-refractivity contribution in [2.24, 2.45) is 5.73 Å². The summed E-state index contributed by atoms with van der Waals surface area (Å²) < 4.78 is 13.7. The third-order valence-electron chi connectivity index (χ3n) is 2.72. The lowest BCUT2D eigenvalue weighted by atomic mass is 10.1. The summed E-state index contributed by atoms with van der Waals surface area (Å²) in [5.41, 5.74) is 7.68. The number of hydrogen-bond acceptors (Lipinski definition) is 2. The molecule has 2 aromatic rings. The van der Waals surface area contributed by atoms with Gasteiger partial charge in [-0.05, 0) is 25.1 Å². The minimum absolute atomic E-state index is 0.221. The zero-order chi connectivity index (χ0) is 13.0. The summed E-state index contributed by atoms with van der Waals surface area (Å²) in [5.74, 6) is 0.450. The van der Waals surface area contributed by atoms with Crippen molar-refractivity contribution >= 4 is 11.8 Å². The van der Waals surface area contributed by atoms with Gasteiger partial charge in [0.25, 0.3) is 0 Å². The highest BCUT2D eigenvalue weighted by Crippen LogP contribution is 2.25. The monoisotopic (exact) mass is 261 g/mol. The van der Waals surface area contributed by atoms with E-state index in [0.29, 0.717) is 11.3 Å². The van der Waals surface area contributed by atoms with Gasteiger partial charge >= 0.3 is 0 Å². The second-order valence-corrected chi connectivity index (χ2v) is 5.35. The molecule has 1 atom stereocenters. The number of benzene rings is 2. The molecule has 0 radical (unpaired) electrons. The van der Waals surface area contributed by atoms with Gasteiger partial charge < -0.3 is 5.73 Å². The number of hydrogen-bond donors (Lipinski definition) is 1. The first kappa shape index (κ1) is 13.1. The summed E-state index contributed by atoms with van der Waals surface area (Å²) >= 11 is 1.65. The van der Waals surface area contributed by atoms with E-state index in [-0.39, 0.29) is 11.9 Å². The molecule has 0 bridgehead atoms. The van der Waals surface area contributed by atoms with Crippen LogP contribution in [-0.2, 0) is 0 Å². The molecule has 0 saturated carbocycles. The fourth-order valence-corrected chi connectivity index (χ4v) is 2.64. The highest BCUT2D eigenvalue weighted by molar-refractivity contribution is 7.99. The summed E-state index contributed by atoms with van der Waals surface area (Å²) in [7, 11) is 0. The first-order valence-electron chi connectivity index (χ1n) is 5.86. The van der Waals surface area contributed by atoms with Crippen LogP contribution in [-0.4, -0.2) is 5.75 Å². The van der Waals surface area contributed by atoms with Gasteiger partial charge in [0.1, 0.15) is 5.82 Å². The van der Waals surface area contributed by atoms with E-state index in [1.165, 1.54) is 6.07 Å². The van der Waals surface area contributed by atoms with Crippen LogP contribution in [0, 0.1) is 12.7 Å². The molecular weight excluding hydrogens is 245 g/mol. The van der Waals surface area contributed by atoms with Gasteiger partial charge in [0.2, 0.25) is 0 Å². The molecule has 18 heavy (non-hydrogen) atoms. The van der Waals surface area contributed by atoms with E-state index < -0.39 is 0 Å². The molecule has 0 aliphatic heterocycles. The lowest BCUT2D eigenvalue weighted by molar-refractivity contribution is 0.594. The van der Waals surface area contributed by atoms with Crippen molar-refractivity contribution in [2.75, 3.05) is 5.75 Å². The Morgan fingerprint density at radius 1 is 1.17 bits per heavy atom. The summed E-state index contributed by atoms with van der Waals surface area (Å²) in [6.07, 6.45) is 0. The van der Waals surface area contributed by atoms with Crippen LogP contribution in [0.1, 0.15) is 17.2 Å². The van der Waals surface area contributed by atoms with Crippen molar-refractivity contribution in [2.45, 2.75) is 17.9 Å². The minimum atomic E-state index is -0.282. The molecule has 0 heterocycles. The largest absolute Gasteiger partial charge is 0.323 e. The van der Waals surface area contributed by atoms with Gasteiger partial charge in [0.15, 0.2) is 0 Å². The molecule has 0 aliphatic carbocycles. The number of thioether (sulfide) groups is 1. The van der Waals surface area contributed by atoms with E-state index in [0.717, 1.165) is 10.5 Å². The third-order valence-corrected chi connectivity index (χ3v) is 3.86. The molecule has 0 spiro atoms. The second-order valence-electron chi connectivity index (χ2n) is 4.26. The Bertz CT molecular complexity index is 513. The molecule has 1 nitrogen and oxygen atoms in total. The van der Waals surface area contributed by atoms with Crippen molar-refractivity contribution in [3.05, 3.63) is 65.5 Å². The second kappa shape index (κ2) is 6.03. The van der Waals surface area contributed by atoms with E-state index in [2.05, 4.69) is 0 Å². The highest BCUT2D eigenvalue weighted by Gasteiger charge is 2.11. The van der Waals surface area contributed by atoms with E-state index in [1.807, 2.05) is 43.3 Å². The summed E-state index contributed by atoms with van der Waals surface area (Å²) in [6.45, 7) is 1.94. The lowest BCUT2D eigenvalue weighted by Crippen LogP contribution is -2.14. The van der Waals surface area contributed by atoms with Crippen LogP contribution < -0.4 is 5.73 Å². The van der Waals surface area contributed by atoms with E-state index in [1.54, 1.807) is 17.8 Å². The Kier molecular flexibility index (Phi) is 4.39. The number of rotatable bonds is 4. The van der Waals surface area contributed by atoms with Gasteiger partial charge in [-0.1, -0.05) is 35.9 Å². The Balaban J connectivity index is 2.03. The van der Waals surface area contributed by atoms with Crippen LogP contribution in [0.5, 0.6) is 0 Å². The number of halogens is 1. The molecule has 0 saturated heterocycles. The fraction of sp³-hybridized carbons (Fsp3) is 0.200. The molecule has 1 unspecified atom stereocenters. The number of aryl methyl sites for hydroxylation is 1. The quantitative estimate of drug-likeness (QED) is 0.844. The predicted molar refractivity (Wildman–Crippen MR) is 75.2 cm³/mol. The average Bonchev–Trinajstić information content (AvgIpc) is 2.40. The normalized spacial score (nSPS) is 12.4. The Labute approximate surface area is 111 Å². The molecule has 0 aromatic heterocycles. The molecule has 0 aliphatic rings. The van der Waals surface area contributed by atoms with E-state index >= 15 is 0 Å². The SMILES string of the molecule is Cc1ccc(F)c(C(N)CSc2ccccc2)c1. The third kappa shape index (κ3) is 3.34. The van der Waals surface area contributed by atoms with E-state index in [4.69, 9.17) is 5.73 Å². The Hall–Kier alpha value is -1.32. The first-order valence-corrected chi connectivity index (χ1v) is 6.85. The van der Waals surface area contributed by atoms with Gasteiger partial charge in [0, 0.05) is 22.3 Å². The first-order chi connectivity index (χ1) is 8.66. The zero-order valence-corrected chi connectivity index (χ0v) is 11.1. The molecule has 2 N–H and O–H groups in total. The van der Waals surface area contributed by atoms with Gasteiger partial charge in [-0.15, -0.1) is 11.8 Å². The van der Waals surface area contributed by atoms with Gasteiger partial charge in [-0.25, -0.2) is 4.39 Å². The predicted octanol–water partition coefficient (Wildman–Crippen LogP) is 3.93. The summed E-state index contributed by atoms with van der Waals surface area (Å²) in [5, 5.41) is 0. The summed E-state index contributed by atoms with van der Waals surface area (Å²) in [4.78, 5) is 1.15. The molecule has 94 valence electrons. The van der Waals surface area contributed by atoms with E-state index in [9.17, 15) is 4.39 Å². The molecule has 3 heteroatoms. The maximum absolute atomic E-state index is 13.7. The highest BCUT2D eigenvalue weighted by atomic mass is 32.2. The molecule has 0 amide bonds.